The van der Waals surface area contributed by atoms with Crippen LogP contribution >= 0.6 is 11.5 Å². The number of ether oxygens (including phenoxy) is 1. The van der Waals surface area contributed by atoms with Gasteiger partial charge in [0.25, 0.3) is 5.56 Å². The number of aromatic nitrogens is 2. The number of aromatic carboxylic acids is 1. The van der Waals surface area contributed by atoms with Gasteiger partial charge in [0.05, 0.1) is 12.1 Å². The first kappa shape index (κ1) is 18.0. The van der Waals surface area contributed by atoms with E-state index in [0.717, 1.165) is 35.2 Å². The Bertz CT molecular complexity index is 1060. The fourth-order valence-electron chi connectivity index (χ4n) is 3.96. The van der Waals surface area contributed by atoms with Crippen molar-refractivity contribution in [2.24, 2.45) is 0 Å². The van der Waals surface area contributed by atoms with Gasteiger partial charge >= 0.3 is 5.97 Å². The lowest BCUT2D eigenvalue weighted by molar-refractivity contribution is -0.0592. The van der Waals surface area contributed by atoms with Crippen LogP contribution in [0.15, 0.2) is 35.1 Å². The average molecular weight is 386 g/mol. The summed E-state index contributed by atoms with van der Waals surface area (Å²) in [5, 5.41) is 10.5. The van der Waals surface area contributed by atoms with Crippen molar-refractivity contribution >= 4 is 28.4 Å². The maximum Gasteiger partial charge on any atom is 0.352 e. The number of hydrogen-bond donors (Lipinski definition) is 2. The molecule has 3 heterocycles. The second-order valence-electron chi connectivity index (χ2n) is 7.72. The number of benzene rings is 1. The Hall–Kier alpha value is -2.38. The van der Waals surface area contributed by atoms with Crippen molar-refractivity contribution in [2.75, 3.05) is 6.61 Å². The van der Waals surface area contributed by atoms with Gasteiger partial charge in [0.2, 0.25) is 0 Å². The monoisotopic (exact) mass is 386 g/mol. The molecule has 1 fully saturated rings. The molecular formula is C20H22N2O4S. The van der Waals surface area contributed by atoms with Crippen molar-refractivity contribution in [1.82, 2.24) is 8.94 Å². The molecule has 6 nitrogen and oxygen atoms in total. The quantitative estimate of drug-likeness (QED) is 0.714. The van der Waals surface area contributed by atoms with E-state index in [9.17, 15) is 14.7 Å². The van der Waals surface area contributed by atoms with Gasteiger partial charge in [-0.05, 0) is 56.4 Å². The summed E-state index contributed by atoms with van der Waals surface area (Å²) in [6.45, 7) is 5.32. The highest BCUT2D eigenvalue weighted by Gasteiger charge is 2.30. The zero-order valence-electron chi connectivity index (χ0n) is 15.3. The highest BCUT2D eigenvalue weighted by molar-refractivity contribution is 7.05. The molecule has 3 aromatic rings. The van der Waals surface area contributed by atoms with Crippen LogP contribution in [0.2, 0.25) is 0 Å². The Labute approximate surface area is 160 Å². The summed E-state index contributed by atoms with van der Waals surface area (Å²) in [6, 6.07) is 9.43. The Morgan fingerprint density at radius 2 is 2.19 bits per heavy atom. The maximum absolute atomic E-state index is 11.8. The molecule has 7 heteroatoms. The first-order valence-corrected chi connectivity index (χ1v) is 9.82. The van der Waals surface area contributed by atoms with Gasteiger partial charge in [-0.3, -0.25) is 9.17 Å². The molecule has 27 heavy (non-hydrogen) atoms. The number of carbonyl (C=O) groups is 1. The van der Waals surface area contributed by atoms with Crippen LogP contribution in [-0.2, 0) is 11.3 Å². The minimum absolute atomic E-state index is 0.137. The number of carboxylic acids is 1. The van der Waals surface area contributed by atoms with Crippen LogP contribution in [0.1, 0.15) is 53.5 Å². The Morgan fingerprint density at radius 1 is 1.37 bits per heavy atom. The number of carboxylic acid groups (broad SMARTS) is 1. The number of rotatable bonds is 4. The summed E-state index contributed by atoms with van der Waals surface area (Å²) < 4.78 is 10.2. The van der Waals surface area contributed by atoms with Gasteiger partial charge in [0.15, 0.2) is 0 Å². The zero-order valence-corrected chi connectivity index (χ0v) is 16.1. The van der Waals surface area contributed by atoms with E-state index in [1.807, 2.05) is 6.07 Å². The topological polar surface area (TPSA) is 84.3 Å². The highest BCUT2D eigenvalue weighted by atomic mass is 32.1. The van der Waals surface area contributed by atoms with Crippen molar-refractivity contribution in [1.29, 1.82) is 0 Å². The Balaban J connectivity index is 1.74. The van der Waals surface area contributed by atoms with Crippen LogP contribution in [0.3, 0.4) is 0 Å². The molecular weight excluding hydrogens is 364 g/mol. The van der Waals surface area contributed by atoms with Gasteiger partial charge in [-0.15, -0.1) is 0 Å². The second-order valence-corrected chi connectivity index (χ2v) is 8.65. The van der Waals surface area contributed by atoms with E-state index < -0.39 is 5.97 Å². The van der Waals surface area contributed by atoms with Gasteiger partial charge in [-0.25, -0.2) is 4.79 Å². The third-order valence-electron chi connectivity index (χ3n) is 5.20. The largest absolute Gasteiger partial charge is 0.477 e. The number of nitrogens with one attached hydrogen (secondary N) is 1. The van der Waals surface area contributed by atoms with Gasteiger partial charge in [0.1, 0.15) is 5.69 Å². The van der Waals surface area contributed by atoms with Crippen LogP contribution in [0.25, 0.3) is 10.9 Å². The molecule has 0 radical (unpaired) electrons. The fourth-order valence-corrected chi connectivity index (χ4v) is 4.61. The van der Waals surface area contributed by atoms with Gasteiger partial charge in [-0.2, -0.15) is 0 Å². The molecule has 1 aliphatic rings. The smallest absolute Gasteiger partial charge is 0.352 e. The fraction of sp³-hybridized carbons (Fsp3) is 0.400. The first-order chi connectivity index (χ1) is 12.8. The number of hydrogen-bond acceptors (Lipinski definition) is 4. The lowest BCUT2D eigenvalue weighted by atomic mass is 9.83. The number of fused-ring (bicyclic) bond motifs is 1. The van der Waals surface area contributed by atoms with Gasteiger partial charge in [0, 0.05) is 28.5 Å². The van der Waals surface area contributed by atoms with E-state index in [1.165, 1.54) is 23.2 Å². The molecule has 0 spiro atoms. The van der Waals surface area contributed by atoms with Crippen molar-refractivity contribution < 1.29 is 14.6 Å². The van der Waals surface area contributed by atoms with E-state index in [2.05, 4.69) is 30.4 Å². The van der Waals surface area contributed by atoms with Gasteiger partial charge in [-0.1, -0.05) is 17.6 Å². The predicted octanol–water partition coefficient (Wildman–Crippen LogP) is 3.81. The lowest BCUT2D eigenvalue weighted by Crippen LogP contribution is -2.32. The van der Waals surface area contributed by atoms with E-state index in [0.29, 0.717) is 12.5 Å². The van der Waals surface area contributed by atoms with Crippen LogP contribution in [-0.4, -0.2) is 32.2 Å². The summed E-state index contributed by atoms with van der Waals surface area (Å²) in [5.74, 6) is -0.562. The van der Waals surface area contributed by atoms with Crippen molar-refractivity contribution in [3.05, 3.63) is 56.8 Å². The molecule has 1 aliphatic heterocycles. The lowest BCUT2D eigenvalue weighted by Gasteiger charge is -2.35. The molecule has 1 atom stereocenters. The van der Waals surface area contributed by atoms with Crippen molar-refractivity contribution in [3.8, 4) is 0 Å². The molecule has 1 aromatic carbocycles. The second kappa shape index (κ2) is 6.65. The number of H-pyrrole nitrogens is 1. The molecule has 0 amide bonds. The van der Waals surface area contributed by atoms with E-state index in [1.54, 1.807) is 10.6 Å². The summed E-state index contributed by atoms with van der Waals surface area (Å²) in [7, 11) is 0. The SMILES string of the molecule is CC1(C)CC(c2ccc3c(c2)cc(C(=O)O)n3Cc2cc(=O)[nH]s2)CCO1. The highest BCUT2D eigenvalue weighted by Crippen LogP contribution is 2.37. The molecule has 0 saturated carbocycles. The molecule has 0 aliphatic carbocycles. The molecule has 1 unspecified atom stereocenters. The standard InChI is InChI=1S/C20H22N2O4S/c1-20(2)10-13(5-6-26-20)12-3-4-16-14(7-12)8-17(19(24)25)22(16)11-15-9-18(23)21-27-15/h3-4,7-9,13H,5-6,10-11H2,1-2H3,(H,21,23)(H,24,25). The summed E-state index contributed by atoms with van der Waals surface area (Å²) in [5.41, 5.74) is 2.02. The molecule has 1 saturated heterocycles. The summed E-state index contributed by atoms with van der Waals surface area (Å²) in [6.07, 6.45) is 1.92. The van der Waals surface area contributed by atoms with Crippen LogP contribution < -0.4 is 5.56 Å². The van der Waals surface area contributed by atoms with E-state index in [4.69, 9.17) is 4.74 Å². The van der Waals surface area contributed by atoms with Crippen LogP contribution in [0.4, 0.5) is 0 Å². The minimum Gasteiger partial charge on any atom is -0.477 e. The van der Waals surface area contributed by atoms with Gasteiger partial charge < -0.3 is 14.4 Å². The van der Waals surface area contributed by atoms with E-state index >= 15 is 0 Å². The Morgan fingerprint density at radius 3 is 2.85 bits per heavy atom. The summed E-state index contributed by atoms with van der Waals surface area (Å²) >= 11 is 1.24. The van der Waals surface area contributed by atoms with Crippen LogP contribution in [0.5, 0.6) is 0 Å². The first-order valence-electron chi connectivity index (χ1n) is 9.00. The zero-order chi connectivity index (χ0) is 19.2. The number of aromatic amines is 1. The van der Waals surface area contributed by atoms with Crippen molar-refractivity contribution in [3.63, 3.8) is 0 Å². The maximum atomic E-state index is 11.8. The molecule has 142 valence electrons. The average Bonchev–Trinajstić information content (AvgIpc) is 3.17. The Kier molecular flexibility index (Phi) is 4.44. The van der Waals surface area contributed by atoms with Crippen LogP contribution in [0, 0.1) is 0 Å². The number of nitrogens with zero attached hydrogens (tertiary/aromatic N) is 1. The van der Waals surface area contributed by atoms with Crippen molar-refractivity contribution in [2.45, 2.75) is 44.8 Å². The minimum atomic E-state index is -0.970. The third kappa shape index (κ3) is 3.57. The molecule has 2 N–H and O–H groups in total. The molecule has 4 rings (SSSR count). The summed E-state index contributed by atoms with van der Waals surface area (Å²) in [4.78, 5) is 23.9. The normalized spacial score (nSPS) is 19.4. The van der Waals surface area contributed by atoms with E-state index in [-0.39, 0.29) is 16.9 Å². The predicted molar refractivity (Wildman–Crippen MR) is 105 cm³/mol. The molecule has 0 bridgehead atoms. The third-order valence-corrected chi connectivity index (χ3v) is 6.01. The molecule has 2 aromatic heterocycles.